The molecule has 2 heterocycles. The number of esters is 1. The van der Waals surface area contributed by atoms with E-state index in [9.17, 15) is 14.7 Å². The lowest BCUT2D eigenvalue weighted by atomic mass is 10.1. The first-order valence-electron chi connectivity index (χ1n) is 6.68. The zero-order chi connectivity index (χ0) is 16.0. The Morgan fingerprint density at radius 3 is 2.95 bits per heavy atom. The summed E-state index contributed by atoms with van der Waals surface area (Å²) in [5, 5.41) is 10.3. The molecule has 0 saturated heterocycles. The number of fused-ring (bicyclic) bond motifs is 1. The first-order chi connectivity index (χ1) is 9.66. The number of hydrogen-bond acceptors (Lipinski definition) is 5. The van der Waals surface area contributed by atoms with Crippen molar-refractivity contribution in [3.8, 4) is 0 Å². The van der Waals surface area contributed by atoms with Crippen LogP contribution in [0, 0.1) is 0 Å². The third kappa shape index (κ3) is 2.33. The van der Waals surface area contributed by atoms with Gasteiger partial charge in [0, 0.05) is 6.07 Å². The summed E-state index contributed by atoms with van der Waals surface area (Å²) in [5.41, 5.74) is -2.79. The van der Waals surface area contributed by atoms with Gasteiger partial charge in [0.05, 0.1) is 26.0 Å². The summed E-state index contributed by atoms with van der Waals surface area (Å²) < 4.78 is 22.1. The number of thioether (sulfide) groups is 1. The van der Waals surface area contributed by atoms with Gasteiger partial charge in [0.2, 0.25) is 0 Å². The lowest BCUT2D eigenvalue weighted by molar-refractivity contribution is 0.0520. The summed E-state index contributed by atoms with van der Waals surface area (Å²) in [6.45, 7) is 6.84. The zero-order valence-electron chi connectivity index (χ0n) is 12.6. The van der Waals surface area contributed by atoms with Crippen molar-refractivity contribution >= 4 is 17.7 Å². The summed E-state index contributed by atoms with van der Waals surface area (Å²) in [5.74, 6) is -0.671. The van der Waals surface area contributed by atoms with Gasteiger partial charge < -0.3 is 9.84 Å². The van der Waals surface area contributed by atoms with Gasteiger partial charge in [-0.15, -0.1) is 0 Å². The SMILES string of the molecule is [2H]C1(O)Sc2c(C(=O)OCC)ccc(=O)n2C1([2H])C(=C)C. The lowest BCUT2D eigenvalue weighted by Crippen LogP contribution is -2.27. The van der Waals surface area contributed by atoms with E-state index in [2.05, 4.69) is 6.58 Å². The highest BCUT2D eigenvalue weighted by atomic mass is 32.2. The van der Waals surface area contributed by atoms with Crippen LogP contribution >= 0.6 is 11.8 Å². The Hall–Kier alpha value is -1.53. The molecule has 2 atom stereocenters. The summed E-state index contributed by atoms with van der Waals surface area (Å²) >= 11 is 0.560. The fraction of sp³-hybridized carbons (Fsp3) is 0.385. The van der Waals surface area contributed by atoms with Crippen LogP contribution in [0.25, 0.3) is 0 Å². The molecule has 1 aromatic heterocycles. The highest BCUT2D eigenvalue weighted by Gasteiger charge is 2.36. The minimum absolute atomic E-state index is 0.0384. The fourth-order valence-electron chi connectivity index (χ4n) is 1.81. The second-order valence-electron chi connectivity index (χ2n) is 3.98. The number of carbonyl (C=O) groups excluding carboxylic acids is 1. The van der Waals surface area contributed by atoms with Gasteiger partial charge in [-0.2, -0.15) is 0 Å². The standard InChI is InChI=1S/C13H15NO4S/c1-4-18-12(16)8-5-6-9(15)14-10(7(2)3)13(17)19-11(8)14/h5-6,10,13,17H,2,4H2,1,3H3/i10D,13D. The van der Waals surface area contributed by atoms with Crippen LogP contribution in [-0.4, -0.2) is 27.7 Å². The van der Waals surface area contributed by atoms with Gasteiger partial charge in [0.1, 0.15) is 5.41 Å². The zero-order valence-corrected chi connectivity index (χ0v) is 11.4. The summed E-state index contributed by atoms with van der Waals surface area (Å²) in [7, 11) is 0. The molecule has 5 nitrogen and oxygen atoms in total. The van der Waals surface area contributed by atoms with Crippen LogP contribution in [0.15, 0.2) is 34.1 Å². The van der Waals surface area contributed by atoms with Crippen molar-refractivity contribution in [2.24, 2.45) is 0 Å². The van der Waals surface area contributed by atoms with E-state index in [1.807, 2.05) is 0 Å². The average molecular weight is 283 g/mol. The molecule has 1 aromatic rings. The first-order valence-corrected chi connectivity index (χ1v) is 6.49. The Labute approximate surface area is 117 Å². The number of rotatable bonds is 3. The highest BCUT2D eigenvalue weighted by molar-refractivity contribution is 8.00. The predicted octanol–water partition coefficient (Wildman–Crippen LogP) is 1.57. The van der Waals surface area contributed by atoms with Crippen LogP contribution in [0.3, 0.4) is 0 Å². The van der Waals surface area contributed by atoms with Crippen molar-refractivity contribution in [2.75, 3.05) is 6.61 Å². The predicted molar refractivity (Wildman–Crippen MR) is 72.4 cm³/mol. The Bertz CT molecular complexity index is 685. The monoisotopic (exact) mass is 283 g/mol. The van der Waals surface area contributed by atoms with Crippen molar-refractivity contribution in [2.45, 2.75) is 30.3 Å². The van der Waals surface area contributed by atoms with E-state index in [1.54, 1.807) is 6.92 Å². The first kappa shape index (κ1) is 11.3. The molecule has 1 aliphatic heterocycles. The third-order valence-electron chi connectivity index (χ3n) is 2.57. The number of ether oxygens (including phenoxy) is 1. The maximum absolute atomic E-state index is 12.1. The molecule has 102 valence electrons. The van der Waals surface area contributed by atoms with E-state index in [-0.39, 0.29) is 22.8 Å². The van der Waals surface area contributed by atoms with Crippen LogP contribution < -0.4 is 5.56 Å². The highest BCUT2D eigenvalue weighted by Crippen LogP contribution is 2.41. The molecule has 2 unspecified atom stereocenters. The number of aromatic nitrogens is 1. The second-order valence-corrected chi connectivity index (χ2v) is 4.96. The summed E-state index contributed by atoms with van der Waals surface area (Å²) in [4.78, 5) is 24.0. The van der Waals surface area contributed by atoms with Crippen molar-refractivity contribution in [1.29, 1.82) is 0 Å². The Kier molecular flexibility index (Phi) is 3.11. The van der Waals surface area contributed by atoms with Crippen LogP contribution in [-0.2, 0) is 4.74 Å². The van der Waals surface area contributed by atoms with Gasteiger partial charge in [-0.05, 0) is 19.9 Å². The number of carbonyl (C=O) groups is 1. The molecule has 1 N–H and O–H groups in total. The van der Waals surface area contributed by atoms with Gasteiger partial charge in [-0.25, -0.2) is 4.79 Å². The quantitative estimate of drug-likeness (QED) is 0.673. The lowest BCUT2D eigenvalue weighted by Gasteiger charge is -2.16. The van der Waals surface area contributed by atoms with Gasteiger partial charge in [-0.3, -0.25) is 9.36 Å². The van der Waals surface area contributed by atoms with E-state index < -0.39 is 23.0 Å². The normalized spacial score (nSPS) is 30.3. The maximum Gasteiger partial charge on any atom is 0.340 e. The van der Waals surface area contributed by atoms with E-state index in [1.165, 1.54) is 13.0 Å². The summed E-state index contributed by atoms with van der Waals surface area (Å²) in [6.07, 6.45) is 0. The molecule has 0 spiro atoms. The molecule has 0 saturated carbocycles. The molecule has 0 aliphatic carbocycles. The van der Waals surface area contributed by atoms with Crippen molar-refractivity contribution in [3.63, 3.8) is 0 Å². The molecule has 19 heavy (non-hydrogen) atoms. The van der Waals surface area contributed by atoms with Gasteiger partial charge in [0.25, 0.3) is 5.56 Å². The minimum atomic E-state index is -2.37. The molecule has 0 radical (unpaired) electrons. The minimum Gasteiger partial charge on any atom is -0.462 e. The van der Waals surface area contributed by atoms with E-state index in [0.29, 0.717) is 11.8 Å². The smallest absolute Gasteiger partial charge is 0.340 e. The summed E-state index contributed by atoms with van der Waals surface area (Å²) in [6, 6.07) is 0.315. The largest absolute Gasteiger partial charge is 0.462 e. The topological polar surface area (TPSA) is 68.5 Å². The maximum atomic E-state index is 12.1. The van der Waals surface area contributed by atoms with Crippen LogP contribution in [0.1, 0.15) is 33.0 Å². The van der Waals surface area contributed by atoms with Crippen molar-refractivity contribution in [1.82, 2.24) is 4.57 Å². The van der Waals surface area contributed by atoms with Crippen molar-refractivity contribution in [3.05, 3.63) is 40.2 Å². The molecule has 2 rings (SSSR count). The third-order valence-corrected chi connectivity index (χ3v) is 3.55. The van der Waals surface area contributed by atoms with Crippen LogP contribution in [0.2, 0.25) is 0 Å². The van der Waals surface area contributed by atoms with Crippen LogP contribution in [0.4, 0.5) is 0 Å². The molecular weight excluding hydrogens is 266 g/mol. The number of aliphatic hydroxyl groups is 1. The molecule has 1 aliphatic rings. The van der Waals surface area contributed by atoms with Gasteiger partial charge in [-0.1, -0.05) is 23.9 Å². The van der Waals surface area contributed by atoms with Gasteiger partial charge >= 0.3 is 5.97 Å². The fourth-order valence-corrected chi connectivity index (χ4v) is 2.89. The second kappa shape index (κ2) is 5.22. The number of pyridine rings is 1. The average Bonchev–Trinajstić information content (AvgIpc) is 2.59. The van der Waals surface area contributed by atoms with E-state index in [4.69, 9.17) is 7.48 Å². The number of nitrogens with zero attached hydrogens (tertiary/aromatic N) is 1. The molecule has 0 bridgehead atoms. The molecule has 6 heteroatoms. The van der Waals surface area contributed by atoms with Crippen molar-refractivity contribution < 1.29 is 17.4 Å². The van der Waals surface area contributed by atoms with E-state index in [0.717, 1.165) is 10.6 Å². The molecular formula is C13H15NO4S. The molecule has 0 aromatic carbocycles. The molecule has 0 amide bonds. The Balaban J connectivity index is 2.75. The van der Waals surface area contributed by atoms with Gasteiger partial charge in [0.15, 0.2) is 0 Å². The van der Waals surface area contributed by atoms with Crippen LogP contribution in [0.5, 0.6) is 0 Å². The van der Waals surface area contributed by atoms with E-state index >= 15 is 0 Å². The molecule has 0 fully saturated rings. The Morgan fingerprint density at radius 2 is 2.37 bits per heavy atom. The Morgan fingerprint density at radius 1 is 1.68 bits per heavy atom. The number of hydrogen-bond donors (Lipinski definition) is 1.